The number of ether oxygens (including phenoxy) is 1. The number of halogens is 1. The Morgan fingerprint density at radius 2 is 2.00 bits per heavy atom. The van der Waals surface area contributed by atoms with Gasteiger partial charge in [-0.25, -0.2) is 4.39 Å². The third kappa shape index (κ3) is 2.41. The molecular weight excluding hydrogens is 217 g/mol. The van der Waals surface area contributed by atoms with E-state index in [-0.39, 0.29) is 5.56 Å². The van der Waals surface area contributed by atoms with E-state index in [1.54, 1.807) is 0 Å². The Bertz CT molecular complexity index is 444. The fraction of sp³-hybridized carbons (Fsp3) is 0.500. The summed E-state index contributed by atoms with van der Waals surface area (Å²) in [5, 5.41) is 9.06. The molecule has 17 heavy (non-hydrogen) atoms. The summed E-state index contributed by atoms with van der Waals surface area (Å²) < 4.78 is 18.8. The zero-order valence-electron chi connectivity index (χ0n) is 10.0. The molecular formula is C14H16FNO. The van der Waals surface area contributed by atoms with Crippen LogP contribution in [0.4, 0.5) is 4.39 Å². The predicted molar refractivity (Wildman–Crippen MR) is 63.5 cm³/mol. The molecule has 1 fully saturated rings. The zero-order valence-corrected chi connectivity index (χ0v) is 10.0. The second kappa shape index (κ2) is 5.18. The molecule has 2 rings (SSSR count). The summed E-state index contributed by atoms with van der Waals surface area (Å²) in [5.41, 5.74) is 1.02. The van der Waals surface area contributed by atoms with E-state index < -0.39 is 5.82 Å². The molecule has 1 saturated carbocycles. The summed E-state index contributed by atoms with van der Waals surface area (Å²) in [4.78, 5) is 0. The standard InChI is InChI=1S/C14H16FNO/c1-17-11-7-12(10-5-3-2-4-6-10)13(9-16)14(15)8-11/h7-8,10H,2-6H2,1H3. The highest BCUT2D eigenvalue weighted by Gasteiger charge is 2.21. The Morgan fingerprint density at radius 3 is 2.59 bits per heavy atom. The van der Waals surface area contributed by atoms with Crippen LogP contribution in [0.1, 0.15) is 49.1 Å². The number of rotatable bonds is 2. The van der Waals surface area contributed by atoms with Crippen LogP contribution < -0.4 is 4.74 Å². The second-order valence-corrected chi connectivity index (χ2v) is 4.52. The predicted octanol–water partition coefficient (Wildman–Crippen LogP) is 3.75. The summed E-state index contributed by atoms with van der Waals surface area (Å²) >= 11 is 0. The van der Waals surface area contributed by atoms with Gasteiger partial charge in [-0.1, -0.05) is 19.3 Å². The molecule has 0 amide bonds. The van der Waals surface area contributed by atoms with Gasteiger partial charge in [-0.3, -0.25) is 0 Å². The molecule has 1 aliphatic carbocycles. The summed E-state index contributed by atoms with van der Waals surface area (Å²) in [5.74, 6) is 0.345. The van der Waals surface area contributed by atoms with Crippen molar-refractivity contribution in [3.05, 3.63) is 29.1 Å². The summed E-state index contributed by atoms with van der Waals surface area (Å²) in [7, 11) is 1.52. The van der Waals surface area contributed by atoms with E-state index in [1.807, 2.05) is 12.1 Å². The molecule has 0 radical (unpaired) electrons. The third-order valence-electron chi connectivity index (χ3n) is 3.49. The van der Waals surface area contributed by atoms with Gasteiger partial charge in [0.05, 0.1) is 12.7 Å². The Kier molecular flexibility index (Phi) is 3.63. The fourth-order valence-corrected chi connectivity index (χ4v) is 2.57. The molecule has 1 aliphatic rings. The van der Waals surface area contributed by atoms with Gasteiger partial charge in [-0.2, -0.15) is 5.26 Å². The van der Waals surface area contributed by atoms with Gasteiger partial charge in [0.2, 0.25) is 0 Å². The molecule has 0 bridgehead atoms. The molecule has 0 saturated heterocycles. The summed E-state index contributed by atoms with van der Waals surface area (Å²) in [6, 6.07) is 5.08. The third-order valence-corrected chi connectivity index (χ3v) is 3.49. The molecule has 0 atom stereocenters. The topological polar surface area (TPSA) is 33.0 Å². The molecule has 90 valence electrons. The van der Waals surface area contributed by atoms with Crippen LogP contribution in [0, 0.1) is 17.1 Å². The first-order valence-electron chi connectivity index (χ1n) is 6.03. The number of hydrogen-bond donors (Lipinski definition) is 0. The molecule has 1 aromatic rings. The Hall–Kier alpha value is -1.56. The van der Waals surface area contributed by atoms with Gasteiger partial charge in [0.15, 0.2) is 0 Å². The minimum absolute atomic E-state index is 0.192. The van der Waals surface area contributed by atoms with Crippen LogP contribution in [0.5, 0.6) is 5.75 Å². The second-order valence-electron chi connectivity index (χ2n) is 4.52. The van der Waals surface area contributed by atoms with Gasteiger partial charge in [0, 0.05) is 6.07 Å². The van der Waals surface area contributed by atoms with Crippen LogP contribution in [-0.4, -0.2) is 7.11 Å². The summed E-state index contributed by atoms with van der Waals surface area (Å²) in [6.45, 7) is 0. The van der Waals surface area contributed by atoms with Crippen LogP contribution in [0.25, 0.3) is 0 Å². The van der Waals surface area contributed by atoms with Crippen LogP contribution in [-0.2, 0) is 0 Å². The number of nitriles is 1. The average molecular weight is 233 g/mol. The van der Waals surface area contributed by atoms with Crippen molar-refractivity contribution in [3.8, 4) is 11.8 Å². The lowest BCUT2D eigenvalue weighted by Crippen LogP contribution is -2.08. The molecule has 0 aromatic heterocycles. The van der Waals surface area contributed by atoms with E-state index in [0.717, 1.165) is 31.2 Å². The van der Waals surface area contributed by atoms with Crippen LogP contribution in [0.3, 0.4) is 0 Å². The van der Waals surface area contributed by atoms with Gasteiger partial charge in [0.1, 0.15) is 17.6 Å². The van der Waals surface area contributed by atoms with E-state index in [1.165, 1.54) is 19.6 Å². The zero-order chi connectivity index (χ0) is 12.3. The molecule has 2 nitrogen and oxygen atoms in total. The fourth-order valence-electron chi connectivity index (χ4n) is 2.57. The average Bonchev–Trinajstić information content (AvgIpc) is 2.38. The lowest BCUT2D eigenvalue weighted by atomic mass is 9.82. The first-order chi connectivity index (χ1) is 8.26. The minimum atomic E-state index is -0.465. The van der Waals surface area contributed by atoms with Crippen molar-refractivity contribution in [1.82, 2.24) is 0 Å². The van der Waals surface area contributed by atoms with E-state index in [9.17, 15) is 4.39 Å². The number of hydrogen-bond acceptors (Lipinski definition) is 2. The molecule has 0 aliphatic heterocycles. The van der Waals surface area contributed by atoms with E-state index in [4.69, 9.17) is 10.00 Å². The van der Waals surface area contributed by atoms with Crippen molar-refractivity contribution in [2.75, 3.05) is 7.11 Å². The van der Waals surface area contributed by atoms with Crippen LogP contribution >= 0.6 is 0 Å². The lowest BCUT2D eigenvalue weighted by Gasteiger charge is -2.23. The van der Waals surface area contributed by atoms with E-state index >= 15 is 0 Å². The van der Waals surface area contributed by atoms with Crippen molar-refractivity contribution < 1.29 is 9.13 Å². The number of methoxy groups -OCH3 is 1. The van der Waals surface area contributed by atoms with Crippen molar-refractivity contribution in [3.63, 3.8) is 0 Å². The minimum Gasteiger partial charge on any atom is -0.497 e. The van der Waals surface area contributed by atoms with Gasteiger partial charge >= 0.3 is 0 Å². The Morgan fingerprint density at radius 1 is 1.29 bits per heavy atom. The maximum Gasteiger partial charge on any atom is 0.144 e. The molecule has 0 unspecified atom stereocenters. The first-order valence-corrected chi connectivity index (χ1v) is 6.03. The number of benzene rings is 1. The highest BCUT2D eigenvalue weighted by atomic mass is 19.1. The van der Waals surface area contributed by atoms with Gasteiger partial charge in [-0.05, 0) is 30.4 Å². The van der Waals surface area contributed by atoms with E-state index in [0.29, 0.717) is 11.7 Å². The smallest absolute Gasteiger partial charge is 0.144 e. The van der Waals surface area contributed by atoms with Crippen LogP contribution in [0.2, 0.25) is 0 Å². The Labute approximate surface area is 101 Å². The van der Waals surface area contributed by atoms with Gasteiger partial charge in [-0.15, -0.1) is 0 Å². The normalized spacial score (nSPS) is 16.5. The molecule has 0 spiro atoms. The first kappa shape index (κ1) is 11.9. The maximum absolute atomic E-state index is 13.8. The highest BCUT2D eigenvalue weighted by Crippen LogP contribution is 2.36. The summed E-state index contributed by atoms with van der Waals surface area (Å²) in [6.07, 6.45) is 5.65. The van der Waals surface area contributed by atoms with Crippen LogP contribution in [0.15, 0.2) is 12.1 Å². The maximum atomic E-state index is 13.8. The SMILES string of the molecule is COc1cc(F)c(C#N)c(C2CCCCC2)c1. The number of nitrogens with zero attached hydrogens (tertiary/aromatic N) is 1. The van der Waals surface area contributed by atoms with Gasteiger partial charge < -0.3 is 4.74 Å². The largest absolute Gasteiger partial charge is 0.497 e. The molecule has 1 aromatic carbocycles. The van der Waals surface area contributed by atoms with Crippen molar-refractivity contribution in [2.45, 2.75) is 38.0 Å². The van der Waals surface area contributed by atoms with E-state index in [2.05, 4.69) is 0 Å². The molecule has 3 heteroatoms. The monoisotopic (exact) mass is 233 g/mol. The highest BCUT2D eigenvalue weighted by molar-refractivity contribution is 5.46. The van der Waals surface area contributed by atoms with Gasteiger partial charge in [0.25, 0.3) is 0 Å². The van der Waals surface area contributed by atoms with Crippen molar-refractivity contribution in [1.29, 1.82) is 5.26 Å². The Balaban J connectivity index is 2.42. The molecule has 0 N–H and O–H groups in total. The van der Waals surface area contributed by atoms with Crippen molar-refractivity contribution in [2.24, 2.45) is 0 Å². The molecule has 0 heterocycles. The lowest BCUT2D eigenvalue weighted by molar-refractivity contribution is 0.405. The van der Waals surface area contributed by atoms with Crippen molar-refractivity contribution >= 4 is 0 Å². The quantitative estimate of drug-likeness (QED) is 0.779.